The summed E-state index contributed by atoms with van der Waals surface area (Å²) in [5.41, 5.74) is 4.67. The second kappa shape index (κ2) is 8.35. The van der Waals surface area contributed by atoms with Crippen molar-refractivity contribution in [1.29, 1.82) is 0 Å². The maximum absolute atomic E-state index is 12.6. The van der Waals surface area contributed by atoms with Crippen LogP contribution >= 0.6 is 0 Å². The molecule has 27 heavy (non-hydrogen) atoms. The summed E-state index contributed by atoms with van der Waals surface area (Å²) < 4.78 is 0. The number of rotatable bonds is 5. The summed E-state index contributed by atoms with van der Waals surface area (Å²) in [4.78, 5) is 25.9. The van der Waals surface area contributed by atoms with Gasteiger partial charge in [-0.15, -0.1) is 0 Å². The molecule has 0 aliphatic carbocycles. The summed E-state index contributed by atoms with van der Waals surface area (Å²) in [6.45, 7) is 6.29. The van der Waals surface area contributed by atoms with Crippen molar-refractivity contribution in [2.24, 2.45) is 5.92 Å². The molecule has 0 saturated carbocycles. The summed E-state index contributed by atoms with van der Waals surface area (Å²) in [5.74, 6) is -1.01. The van der Waals surface area contributed by atoms with Gasteiger partial charge in [-0.05, 0) is 69.1 Å². The number of aliphatic carboxylic acids is 1. The number of anilines is 1. The van der Waals surface area contributed by atoms with Crippen LogP contribution in [0.15, 0.2) is 42.5 Å². The first-order chi connectivity index (χ1) is 12.9. The van der Waals surface area contributed by atoms with E-state index in [1.165, 1.54) is 0 Å². The molecule has 3 rings (SSSR count). The van der Waals surface area contributed by atoms with E-state index < -0.39 is 5.97 Å². The van der Waals surface area contributed by atoms with Gasteiger partial charge in [0.15, 0.2) is 0 Å². The quantitative estimate of drug-likeness (QED) is 0.843. The average Bonchev–Trinajstić information content (AvgIpc) is 2.62. The summed E-state index contributed by atoms with van der Waals surface area (Å²) >= 11 is 0. The van der Waals surface area contributed by atoms with E-state index in [4.69, 9.17) is 5.11 Å². The zero-order valence-electron chi connectivity index (χ0n) is 15.9. The van der Waals surface area contributed by atoms with Gasteiger partial charge < -0.3 is 10.4 Å². The number of carboxylic acid groups (broad SMARTS) is 1. The molecule has 2 N–H and O–H groups in total. The third-order valence-corrected chi connectivity index (χ3v) is 5.15. The number of aryl methyl sites for hydroxylation is 2. The van der Waals surface area contributed by atoms with Crippen LogP contribution in [0.4, 0.5) is 5.69 Å². The standard InChI is InChI=1S/C22H26N2O3/c1-15-6-7-20(16(2)12-15)21(25)23-19-5-3-4-17(13-19)14-24-10-8-18(9-11-24)22(26)27/h3-7,12-13,18H,8-11,14H2,1-2H3,(H,23,25)(H,26,27). The van der Waals surface area contributed by atoms with Gasteiger partial charge in [-0.25, -0.2) is 0 Å². The summed E-state index contributed by atoms with van der Waals surface area (Å²) in [5, 5.41) is 12.1. The molecule has 1 fully saturated rings. The molecule has 0 atom stereocenters. The van der Waals surface area contributed by atoms with Crippen LogP contribution < -0.4 is 5.32 Å². The van der Waals surface area contributed by atoms with E-state index in [2.05, 4.69) is 10.2 Å². The van der Waals surface area contributed by atoms with Crippen molar-refractivity contribution >= 4 is 17.6 Å². The lowest BCUT2D eigenvalue weighted by Crippen LogP contribution is -2.35. The lowest BCUT2D eigenvalue weighted by molar-refractivity contribution is -0.143. The summed E-state index contributed by atoms with van der Waals surface area (Å²) in [6.07, 6.45) is 1.39. The summed E-state index contributed by atoms with van der Waals surface area (Å²) in [6, 6.07) is 13.7. The van der Waals surface area contributed by atoms with Gasteiger partial charge in [0.05, 0.1) is 5.92 Å². The number of amides is 1. The molecule has 0 bridgehead atoms. The Kier molecular flexibility index (Phi) is 5.91. The molecule has 0 aromatic heterocycles. The van der Waals surface area contributed by atoms with Crippen LogP contribution in [-0.2, 0) is 11.3 Å². The van der Waals surface area contributed by atoms with E-state index in [1.807, 2.05) is 56.3 Å². The molecular weight excluding hydrogens is 340 g/mol. The predicted molar refractivity (Wildman–Crippen MR) is 106 cm³/mol. The monoisotopic (exact) mass is 366 g/mol. The molecule has 2 aromatic carbocycles. The number of nitrogens with zero attached hydrogens (tertiary/aromatic N) is 1. The molecule has 5 nitrogen and oxygen atoms in total. The zero-order chi connectivity index (χ0) is 19.4. The third-order valence-electron chi connectivity index (χ3n) is 5.15. The highest BCUT2D eigenvalue weighted by atomic mass is 16.4. The normalized spacial score (nSPS) is 15.5. The van der Waals surface area contributed by atoms with Crippen molar-refractivity contribution in [3.8, 4) is 0 Å². The Hall–Kier alpha value is -2.66. The number of hydrogen-bond acceptors (Lipinski definition) is 3. The van der Waals surface area contributed by atoms with Crippen LogP contribution in [0.5, 0.6) is 0 Å². The Morgan fingerprint density at radius 3 is 2.52 bits per heavy atom. The van der Waals surface area contributed by atoms with E-state index in [0.29, 0.717) is 18.4 Å². The van der Waals surface area contributed by atoms with Crippen molar-refractivity contribution in [2.45, 2.75) is 33.2 Å². The Labute approximate surface area is 160 Å². The third kappa shape index (κ3) is 4.95. The van der Waals surface area contributed by atoms with Gasteiger partial charge in [0.25, 0.3) is 5.91 Å². The molecule has 1 saturated heterocycles. The fourth-order valence-electron chi connectivity index (χ4n) is 3.61. The molecule has 2 aromatic rings. The van der Waals surface area contributed by atoms with Gasteiger partial charge in [-0.3, -0.25) is 14.5 Å². The van der Waals surface area contributed by atoms with Crippen LogP contribution in [0, 0.1) is 19.8 Å². The van der Waals surface area contributed by atoms with Crippen LogP contribution in [0.3, 0.4) is 0 Å². The van der Waals surface area contributed by atoms with Gasteiger partial charge in [-0.2, -0.15) is 0 Å². The Morgan fingerprint density at radius 2 is 1.85 bits per heavy atom. The maximum atomic E-state index is 12.6. The first kappa shape index (κ1) is 19.1. The first-order valence-corrected chi connectivity index (χ1v) is 9.35. The first-order valence-electron chi connectivity index (χ1n) is 9.35. The Bertz CT molecular complexity index is 839. The van der Waals surface area contributed by atoms with Crippen molar-refractivity contribution < 1.29 is 14.7 Å². The number of nitrogens with one attached hydrogen (secondary N) is 1. The van der Waals surface area contributed by atoms with Crippen LogP contribution in [0.1, 0.15) is 39.9 Å². The van der Waals surface area contributed by atoms with Gasteiger partial charge in [-0.1, -0.05) is 29.8 Å². The van der Waals surface area contributed by atoms with Crippen molar-refractivity contribution in [2.75, 3.05) is 18.4 Å². The number of carbonyl (C=O) groups is 2. The van der Waals surface area contributed by atoms with E-state index >= 15 is 0 Å². The number of likely N-dealkylation sites (tertiary alicyclic amines) is 1. The van der Waals surface area contributed by atoms with E-state index in [0.717, 1.165) is 42.0 Å². The number of piperidine rings is 1. The predicted octanol–water partition coefficient (Wildman–Crippen LogP) is 3.85. The highest BCUT2D eigenvalue weighted by Gasteiger charge is 2.24. The van der Waals surface area contributed by atoms with Crippen molar-refractivity contribution in [1.82, 2.24) is 4.90 Å². The second-order valence-corrected chi connectivity index (χ2v) is 7.36. The molecule has 0 radical (unpaired) electrons. The fourth-order valence-corrected chi connectivity index (χ4v) is 3.61. The van der Waals surface area contributed by atoms with Gasteiger partial charge in [0, 0.05) is 17.8 Å². The minimum absolute atomic E-state index is 0.105. The van der Waals surface area contributed by atoms with Crippen LogP contribution in [0.2, 0.25) is 0 Å². The van der Waals surface area contributed by atoms with E-state index in [1.54, 1.807) is 0 Å². The Balaban J connectivity index is 1.62. The lowest BCUT2D eigenvalue weighted by atomic mass is 9.97. The van der Waals surface area contributed by atoms with E-state index in [-0.39, 0.29) is 11.8 Å². The van der Waals surface area contributed by atoms with E-state index in [9.17, 15) is 9.59 Å². The minimum atomic E-state index is -0.689. The number of hydrogen-bond donors (Lipinski definition) is 2. The molecule has 5 heteroatoms. The fraction of sp³-hybridized carbons (Fsp3) is 0.364. The van der Waals surface area contributed by atoms with Crippen molar-refractivity contribution in [3.63, 3.8) is 0 Å². The van der Waals surface area contributed by atoms with Crippen molar-refractivity contribution in [3.05, 3.63) is 64.7 Å². The van der Waals surface area contributed by atoms with Gasteiger partial charge in [0.1, 0.15) is 0 Å². The van der Waals surface area contributed by atoms with Gasteiger partial charge in [0.2, 0.25) is 0 Å². The number of carboxylic acids is 1. The highest BCUT2D eigenvalue weighted by molar-refractivity contribution is 6.05. The molecule has 142 valence electrons. The smallest absolute Gasteiger partial charge is 0.306 e. The lowest BCUT2D eigenvalue weighted by Gasteiger charge is -2.30. The highest BCUT2D eigenvalue weighted by Crippen LogP contribution is 2.21. The molecule has 0 unspecified atom stereocenters. The van der Waals surface area contributed by atoms with Gasteiger partial charge >= 0.3 is 5.97 Å². The molecule has 1 amide bonds. The molecule has 0 spiro atoms. The minimum Gasteiger partial charge on any atom is -0.481 e. The zero-order valence-corrected chi connectivity index (χ0v) is 15.9. The van der Waals surface area contributed by atoms with Crippen LogP contribution in [-0.4, -0.2) is 35.0 Å². The number of benzene rings is 2. The topological polar surface area (TPSA) is 69.6 Å². The molecule has 1 aliphatic heterocycles. The summed E-state index contributed by atoms with van der Waals surface area (Å²) in [7, 11) is 0. The number of carbonyl (C=O) groups excluding carboxylic acids is 1. The average molecular weight is 366 g/mol. The maximum Gasteiger partial charge on any atom is 0.306 e. The Morgan fingerprint density at radius 1 is 1.11 bits per heavy atom. The molecule has 1 heterocycles. The molecular formula is C22H26N2O3. The largest absolute Gasteiger partial charge is 0.481 e. The second-order valence-electron chi connectivity index (χ2n) is 7.36. The molecule has 1 aliphatic rings. The SMILES string of the molecule is Cc1ccc(C(=O)Nc2cccc(CN3CCC(C(=O)O)CC3)c2)c(C)c1. The van der Waals surface area contributed by atoms with Crippen LogP contribution in [0.25, 0.3) is 0 Å².